The van der Waals surface area contributed by atoms with Gasteiger partial charge in [0.1, 0.15) is 5.75 Å². The summed E-state index contributed by atoms with van der Waals surface area (Å²) < 4.78 is 10.5. The van der Waals surface area contributed by atoms with E-state index in [2.05, 4.69) is 17.6 Å². The fourth-order valence-corrected chi connectivity index (χ4v) is 2.25. The first-order valence-electron chi connectivity index (χ1n) is 7.00. The van der Waals surface area contributed by atoms with Crippen molar-refractivity contribution in [2.45, 2.75) is 19.4 Å². The van der Waals surface area contributed by atoms with Gasteiger partial charge < -0.3 is 20.1 Å². The molecule has 0 aromatic heterocycles. The molecule has 1 aliphatic rings. The number of carbonyl (C=O) groups excluding carboxylic acids is 1. The van der Waals surface area contributed by atoms with E-state index in [1.54, 1.807) is 7.11 Å². The van der Waals surface area contributed by atoms with Gasteiger partial charge in [0.05, 0.1) is 26.2 Å². The Balaban J connectivity index is 1.92. The Hall–Kier alpha value is -1.59. The van der Waals surface area contributed by atoms with E-state index >= 15 is 0 Å². The Morgan fingerprint density at radius 1 is 1.35 bits per heavy atom. The number of rotatable bonds is 6. The van der Waals surface area contributed by atoms with Crippen LogP contribution in [0.4, 0.5) is 5.69 Å². The summed E-state index contributed by atoms with van der Waals surface area (Å²) in [5, 5.41) is 6.29. The van der Waals surface area contributed by atoms with Crippen LogP contribution in [0, 0.1) is 5.92 Å². The van der Waals surface area contributed by atoms with Gasteiger partial charge in [0.15, 0.2) is 0 Å². The van der Waals surface area contributed by atoms with E-state index in [0.29, 0.717) is 13.2 Å². The van der Waals surface area contributed by atoms with E-state index < -0.39 is 0 Å². The highest BCUT2D eigenvalue weighted by Crippen LogP contribution is 2.19. The third-order valence-electron chi connectivity index (χ3n) is 3.43. The summed E-state index contributed by atoms with van der Waals surface area (Å²) in [6.45, 7) is 4.08. The molecular formula is C15H22N2O3. The lowest BCUT2D eigenvalue weighted by atomic mass is 10.0. The highest BCUT2D eigenvalue weighted by atomic mass is 16.5. The predicted molar refractivity (Wildman–Crippen MR) is 78.0 cm³/mol. The smallest absolute Gasteiger partial charge is 0.231 e. The Labute approximate surface area is 119 Å². The van der Waals surface area contributed by atoms with Crippen LogP contribution < -0.4 is 15.4 Å². The summed E-state index contributed by atoms with van der Waals surface area (Å²) in [5.41, 5.74) is 0.775. The predicted octanol–water partition coefficient (Wildman–Crippen LogP) is 1.65. The average Bonchev–Trinajstić information content (AvgIpc) is 2.94. The molecule has 2 N–H and O–H groups in total. The molecule has 2 rings (SSSR count). The molecule has 0 saturated carbocycles. The Bertz CT molecular complexity index is 433. The number of methoxy groups -OCH3 is 1. The van der Waals surface area contributed by atoms with Crippen molar-refractivity contribution in [1.29, 1.82) is 0 Å². The number of benzene rings is 1. The molecule has 0 bridgehead atoms. The van der Waals surface area contributed by atoms with E-state index in [1.807, 2.05) is 24.3 Å². The summed E-state index contributed by atoms with van der Waals surface area (Å²) in [5.74, 6) is 0.639. The lowest BCUT2D eigenvalue weighted by Gasteiger charge is -2.18. The number of ether oxygens (including phenoxy) is 2. The lowest BCUT2D eigenvalue weighted by molar-refractivity contribution is -0.120. The molecule has 2 atom stereocenters. The summed E-state index contributed by atoms with van der Waals surface area (Å²) in [7, 11) is 1.62. The van der Waals surface area contributed by atoms with Gasteiger partial charge in [-0.3, -0.25) is 4.79 Å². The second-order valence-corrected chi connectivity index (χ2v) is 4.92. The van der Waals surface area contributed by atoms with Gasteiger partial charge in [0.2, 0.25) is 5.91 Å². The zero-order valence-electron chi connectivity index (χ0n) is 12.0. The van der Waals surface area contributed by atoms with Gasteiger partial charge in [-0.25, -0.2) is 0 Å². The highest BCUT2D eigenvalue weighted by Gasteiger charge is 2.33. The van der Waals surface area contributed by atoms with Crippen LogP contribution in [0.1, 0.15) is 13.3 Å². The molecule has 0 spiro atoms. The van der Waals surface area contributed by atoms with Gasteiger partial charge in [0, 0.05) is 11.7 Å². The van der Waals surface area contributed by atoms with Gasteiger partial charge in [-0.15, -0.1) is 0 Å². The first kappa shape index (κ1) is 14.8. The van der Waals surface area contributed by atoms with E-state index in [9.17, 15) is 4.79 Å². The maximum absolute atomic E-state index is 12.3. The summed E-state index contributed by atoms with van der Waals surface area (Å²) >= 11 is 0. The zero-order valence-corrected chi connectivity index (χ0v) is 12.0. The van der Waals surface area contributed by atoms with Crippen LogP contribution in [0.15, 0.2) is 24.3 Å². The van der Waals surface area contributed by atoms with Crippen molar-refractivity contribution in [2.24, 2.45) is 5.92 Å². The monoisotopic (exact) mass is 278 g/mol. The molecule has 1 aromatic carbocycles. The van der Waals surface area contributed by atoms with Crippen molar-refractivity contribution in [3.63, 3.8) is 0 Å². The average molecular weight is 278 g/mol. The standard InChI is InChI=1S/C15H22N2O3/c1-3-8-16-14-10-20-9-13(14)15(18)17-11-4-6-12(19-2)7-5-11/h4-7,13-14,16H,3,8-10H2,1-2H3,(H,17,18). The number of hydrogen-bond acceptors (Lipinski definition) is 4. The number of amides is 1. The molecule has 1 aliphatic heterocycles. The van der Waals surface area contributed by atoms with Crippen LogP contribution in [-0.2, 0) is 9.53 Å². The van der Waals surface area contributed by atoms with Crippen molar-refractivity contribution in [3.8, 4) is 5.75 Å². The molecular weight excluding hydrogens is 256 g/mol. The van der Waals surface area contributed by atoms with Gasteiger partial charge in [-0.1, -0.05) is 6.92 Å². The number of nitrogens with one attached hydrogen (secondary N) is 2. The third kappa shape index (κ3) is 3.71. The minimum Gasteiger partial charge on any atom is -0.497 e. The minimum atomic E-state index is -0.136. The quantitative estimate of drug-likeness (QED) is 0.830. The Morgan fingerprint density at radius 2 is 2.10 bits per heavy atom. The molecule has 1 heterocycles. The first-order valence-corrected chi connectivity index (χ1v) is 7.00. The van der Waals surface area contributed by atoms with Gasteiger partial charge in [0.25, 0.3) is 0 Å². The Kier molecular flexibility index (Phi) is 5.38. The molecule has 110 valence electrons. The van der Waals surface area contributed by atoms with Gasteiger partial charge in [-0.05, 0) is 37.2 Å². The van der Waals surface area contributed by atoms with Crippen LogP contribution in [0.5, 0.6) is 5.75 Å². The van der Waals surface area contributed by atoms with Crippen molar-refractivity contribution >= 4 is 11.6 Å². The van der Waals surface area contributed by atoms with Crippen LogP contribution in [-0.4, -0.2) is 38.8 Å². The molecule has 0 aliphatic carbocycles. The van der Waals surface area contributed by atoms with Gasteiger partial charge in [-0.2, -0.15) is 0 Å². The molecule has 2 unspecified atom stereocenters. The van der Waals surface area contributed by atoms with Crippen molar-refractivity contribution in [2.75, 3.05) is 32.2 Å². The molecule has 1 aromatic rings. The van der Waals surface area contributed by atoms with Gasteiger partial charge >= 0.3 is 0 Å². The second kappa shape index (κ2) is 7.26. The molecule has 5 nitrogen and oxygen atoms in total. The van der Waals surface area contributed by atoms with Crippen LogP contribution >= 0.6 is 0 Å². The van der Waals surface area contributed by atoms with Crippen LogP contribution in [0.3, 0.4) is 0 Å². The maximum Gasteiger partial charge on any atom is 0.231 e. The van der Waals surface area contributed by atoms with Crippen LogP contribution in [0.2, 0.25) is 0 Å². The van der Waals surface area contributed by atoms with E-state index in [1.165, 1.54) is 0 Å². The van der Waals surface area contributed by atoms with E-state index in [-0.39, 0.29) is 17.9 Å². The summed E-state index contributed by atoms with van der Waals surface area (Å²) in [6, 6.07) is 7.43. The highest BCUT2D eigenvalue weighted by molar-refractivity contribution is 5.93. The summed E-state index contributed by atoms with van der Waals surface area (Å²) in [4.78, 5) is 12.3. The van der Waals surface area contributed by atoms with Crippen molar-refractivity contribution in [1.82, 2.24) is 5.32 Å². The van der Waals surface area contributed by atoms with Crippen molar-refractivity contribution < 1.29 is 14.3 Å². The molecule has 1 saturated heterocycles. The normalized spacial score (nSPS) is 21.7. The van der Waals surface area contributed by atoms with E-state index in [4.69, 9.17) is 9.47 Å². The maximum atomic E-state index is 12.3. The summed E-state index contributed by atoms with van der Waals surface area (Å²) in [6.07, 6.45) is 1.04. The first-order chi connectivity index (χ1) is 9.74. The number of carbonyl (C=O) groups is 1. The Morgan fingerprint density at radius 3 is 2.75 bits per heavy atom. The second-order valence-electron chi connectivity index (χ2n) is 4.92. The largest absolute Gasteiger partial charge is 0.497 e. The van der Waals surface area contributed by atoms with Crippen molar-refractivity contribution in [3.05, 3.63) is 24.3 Å². The fraction of sp³-hybridized carbons (Fsp3) is 0.533. The molecule has 0 radical (unpaired) electrons. The molecule has 5 heteroatoms. The molecule has 20 heavy (non-hydrogen) atoms. The fourth-order valence-electron chi connectivity index (χ4n) is 2.25. The molecule has 1 fully saturated rings. The number of anilines is 1. The SMILES string of the molecule is CCCNC1COCC1C(=O)Nc1ccc(OC)cc1. The molecule has 1 amide bonds. The topological polar surface area (TPSA) is 59.6 Å². The third-order valence-corrected chi connectivity index (χ3v) is 3.43. The van der Waals surface area contributed by atoms with Crippen LogP contribution in [0.25, 0.3) is 0 Å². The number of hydrogen-bond donors (Lipinski definition) is 2. The minimum absolute atomic E-state index is 0.00118. The lowest BCUT2D eigenvalue weighted by Crippen LogP contribution is -2.41. The zero-order chi connectivity index (χ0) is 14.4. The van der Waals surface area contributed by atoms with E-state index in [0.717, 1.165) is 24.4 Å².